The zero-order valence-electron chi connectivity index (χ0n) is 9.59. The number of hydrogen-bond donors (Lipinski definition) is 0. The van der Waals surface area contributed by atoms with Gasteiger partial charge in [0, 0.05) is 18.0 Å². The van der Waals surface area contributed by atoms with E-state index in [1.54, 1.807) is 12.4 Å². The second kappa shape index (κ2) is 4.31. The smallest absolute Gasteiger partial charge is 0.101 e. The third-order valence-electron chi connectivity index (χ3n) is 2.89. The first-order chi connectivity index (χ1) is 8.86. The number of fused-ring (bicyclic) bond motifs is 1. The van der Waals surface area contributed by atoms with Crippen LogP contribution < -0.4 is 0 Å². The van der Waals surface area contributed by atoms with Gasteiger partial charge in [-0.2, -0.15) is 5.26 Å². The van der Waals surface area contributed by atoms with Gasteiger partial charge in [0.2, 0.25) is 0 Å². The number of aromatic nitrogens is 1. The average Bonchev–Trinajstić information content (AvgIpc) is 2.47. The first-order valence-electron chi connectivity index (χ1n) is 5.62. The largest absolute Gasteiger partial charge is 0.263 e. The van der Waals surface area contributed by atoms with Gasteiger partial charge in [0.25, 0.3) is 0 Å². The monoisotopic (exact) mass is 229 g/mol. The Bertz CT molecular complexity index is 754. The molecule has 83 valence electrons. The van der Waals surface area contributed by atoms with Crippen molar-refractivity contribution in [2.24, 2.45) is 0 Å². The van der Waals surface area contributed by atoms with Crippen molar-refractivity contribution >= 4 is 10.8 Å². The molecule has 1 heterocycles. The molecule has 0 spiro atoms. The van der Waals surface area contributed by atoms with Gasteiger partial charge >= 0.3 is 0 Å². The molecule has 0 amide bonds. The summed E-state index contributed by atoms with van der Waals surface area (Å²) in [6, 6.07) is 19.1. The molecular formula is C16H9N2. The van der Waals surface area contributed by atoms with Gasteiger partial charge in [-0.3, -0.25) is 4.98 Å². The molecule has 0 unspecified atom stereocenters. The molecule has 2 nitrogen and oxygen atoms in total. The fraction of sp³-hybridized carbons (Fsp3) is 0. The quantitative estimate of drug-likeness (QED) is 0.639. The molecule has 0 aliphatic carbocycles. The lowest BCUT2D eigenvalue weighted by Crippen LogP contribution is -1.83. The molecule has 2 heteroatoms. The fourth-order valence-electron chi connectivity index (χ4n) is 1.97. The molecule has 1 radical (unpaired) electrons. The van der Waals surface area contributed by atoms with Crippen LogP contribution in [0.3, 0.4) is 0 Å². The summed E-state index contributed by atoms with van der Waals surface area (Å²) in [7, 11) is 0. The molecule has 18 heavy (non-hydrogen) atoms. The lowest BCUT2D eigenvalue weighted by atomic mass is 10.0. The SMILES string of the molecule is N#Cc1cncc(-c2ccc3cc[c]cc3c2)c1. The van der Waals surface area contributed by atoms with Crippen molar-refractivity contribution in [1.29, 1.82) is 5.26 Å². The first-order valence-corrected chi connectivity index (χ1v) is 5.62. The van der Waals surface area contributed by atoms with E-state index >= 15 is 0 Å². The van der Waals surface area contributed by atoms with E-state index in [4.69, 9.17) is 5.26 Å². The Morgan fingerprint density at radius 1 is 1.00 bits per heavy atom. The maximum Gasteiger partial charge on any atom is 0.101 e. The number of nitriles is 1. The highest BCUT2D eigenvalue weighted by molar-refractivity contribution is 5.87. The molecule has 1 aromatic heterocycles. The molecule has 0 aliphatic heterocycles. The second-order valence-electron chi connectivity index (χ2n) is 4.06. The number of nitrogens with zero attached hydrogens (tertiary/aromatic N) is 2. The van der Waals surface area contributed by atoms with Crippen LogP contribution in [0.15, 0.2) is 54.9 Å². The van der Waals surface area contributed by atoms with Crippen LogP contribution in [0.4, 0.5) is 0 Å². The van der Waals surface area contributed by atoms with Gasteiger partial charge in [-0.15, -0.1) is 0 Å². The van der Waals surface area contributed by atoms with Gasteiger partial charge in [-0.1, -0.05) is 24.3 Å². The van der Waals surface area contributed by atoms with E-state index in [9.17, 15) is 0 Å². The minimum absolute atomic E-state index is 0.576. The molecular weight excluding hydrogens is 220 g/mol. The lowest BCUT2D eigenvalue weighted by molar-refractivity contribution is 1.30. The summed E-state index contributed by atoms with van der Waals surface area (Å²) in [5.41, 5.74) is 2.60. The number of pyridine rings is 1. The van der Waals surface area contributed by atoms with Crippen LogP contribution in [-0.2, 0) is 0 Å². The topological polar surface area (TPSA) is 36.7 Å². The van der Waals surface area contributed by atoms with Crippen LogP contribution in [0.2, 0.25) is 0 Å². The van der Waals surface area contributed by atoms with Gasteiger partial charge in [0.1, 0.15) is 6.07 Å². The van der Waals surface area contributed by atoms with E-state index in [2.05, 4.69) is 29.3 Å². The Morgan fingerprint density at radius 2 is 1.94 bits per heavy atom. The third kappa shape index (κ3) is 1.83. The summed E-state index contributed by atoms with van der Waals surface area (Å²) < 4.78 is 0. The molecule has 0 saturated carbocycles. The third-order valence-corrected chi connectivity index (χ3v) is 2.89. The Morgan fingerprint density at radius 3 is 2.83 bits per heavy atom. The minimum atomic E-state index is 0.576. The molecule has 0 atom stereocenters. The van der Waals surface area contributed by atoms with E-state index in [-0.39, 0.29) is 0 Å². The molecule has 0 fully saturated rings. The molecule has 0 bridgehead atoms. The lowest BCUT2D eigenvalue weighted by Gasteiger charge is -2.03. The van der Waals surface area contributed by atoms with Crippen LogP contribution >= 0.6 is 0 Å². The summed E-state index contributed by atoms with van der Waals surface area (Å²) in [5, 5.41) is 11.2. The Kier molecular flexibility index (Phi) is 2.51. The fourth-order valence-corrected chi connectivity index (χ4v) is 1.97. The number of benzene rings is 2. The molecule has 0 saturated heterocycles. The van der Waals surface area contributed by atoms with Crippen LogP contribution in [-0.4, -0.2) is 4.98 Å². The van der Waals surface area contributed by atoms with Crippen molar-refractivity contribution in [1.82, 2.24) is 4.98 Å². The molecule has 0 aliphatic rings. The summed E-state index contributed by atoms with van der Waals surface area (Å²) in [6.07, 6.45) is 3.34. The van der Waals surface area contributed by atoms with E-state index in [0.29, 0.717) is 5.56 Å². The van der Waals surface area contributed by atoms with Gasteiger partial charge < -0.3 is 0 Å². The number of hydrogen-bond acceptors (Lipinski definition) is 2. The summed E-state index contributed by atoms with van der Waals surface area (Å²) >= 11 is 0. The Balaban J connectivity index is 2.16. The first kappa shape index (κ1) is 10.5. The van der Waals surface area contributed by atoms with Crippen molar-refractivity contribution in [2.45, 2.75) is 0 Å². The minimum Gasteiger partial charge on any atom is -0.263 e. The van der Waals surface area contributed by atoms with Gasteiger partial charge in [-0.05, 0) is 40.6 Å². The van der Waals surface area contributed by atoms with Crippen LogP contribution in [0.5, 0.6) is 0 Å². The van der Waals surface area contributed by atoms with Crippen LogP contribution in [0.1, 0.15) is 5.56 Å². The second-order valence-corrected chi connectivity index (χ2v) is 4.06. The van der Waals surface area contributed by atoms with Crippen molar-refractivity contribution in [3.63, 3.8) is 0 Å². The maximum atomic E-state index is 8.89. The summed E-state index contributed by atoms with van der Waals surface area (Å²) in [4.78, 5) is 4.08. The van der Waals surface area contributed by atoms with E-state index in [1.807, 2.05) is 30.3 Å². The van der Waals surface area contributed by atoms with E-state index in [0.717, 1.165) is 16.5 Å². The highest BCUT2D eigenvalue weighted by atomic mass is 14.6. The molecule has 2 aromatic carbocycles. The van der Waals surface area contributed by atoms with Crippen molar-refractivity contribution in [3.05, 3.63) is 66.5 Å². The Labute approximate surface area is 105 Å². The van der Waals surface area contributed by atoms with Crippen molar-refractivity contribution in [2.75, 3.05) is 0 Å². The van der Waals surface area contributed by atoms with Crippen molar-refractivity contribution < 1.29 is 0 Å². The maximum absolute atomic E-state index is 8.89. The zero-order valence-corrected chi connectivity index (χ0v) is 9.59. The van der Waals surface area contributed by atoms with E-state index in [1.165, 1.54) is 5.39 Å². The average molecular weight is 229 g/mol. The molecule has 3 rings (SSSR count). The van der Waals surface area contributed by atoms with Crippen LogP contribution in [0, 0.1) is 17.4 Å². The summed E-state index contributed by atoms with van der Waals surface area (Å²) in [5.74, 6) is 0. The number of rotatable bonds is 1. The molecule has 3 aromatic rings. The predicted molar refractivity (Wildman–Crippen MR) is 70.7 cm³/mol. The normalized spacial score (nSPS) is 10.2. The van der Waals surface area contributed by atoms with Gasteiger partial charge in [-0.25, -0.2) is 0 Å². The highest BCUT2D eigenvalue weighted by Gasteiger charge is 2.01. The standard InChI is InChI=1S/C16H9N2/c17-9-12-7-16(11-18-10-12)15-6-5-13-3-1-2-4-14(13)8-15/h1,3-8,10-11H. The van der Waals surface area contributed by atoms with E-state index < -0.39 is 0 Å². The van der Waals surface area contributed by atoms with Crippen LogP contribution in [0.25, 0.3) is 21.9 Å². The molecule has 0 N–H and O–H groups in total. The van der Waals surface area contributed by atoms with Crippen molar-refractivity contribution in [3.8, 4) is 17.2 Å². The zero-order chi connectivity index (χ0) is 12.4. The highest BCUT2D eigenvalue weighted by Crippen LogP contribution is 2.24. The van der Waals surface area contributed by atoms with Gasteiger partial charge in [0.05, 0.1) is 5.56 Å². The predicted octanol–water partition coefficient (Wildman–Crippen LogP) is 3.57. The summed E-state index contributed by atoms with van der Waals surface area (Å²) in [6.45, 7) is 0. The van der Waals surface area contributed by atoms with Gasteiger partial charge in [0.15, 0.2) is 0 Å². The Hall–Kier alpha value is -2.66.